The van der Waals surface area contributed by atoms with Crippen molar-refractivity contribution in [3.05, 3.63) is 70.4 Å². The first-order valence-electron chi connectivity index (χ1n) is 17.4. The molecular formula is C40H44O2S5. The maximum atomic E-state index is 5.74. The minimum atomic E-state index is 0.893. The van der Waals surface area contributed by atoms with Gasteiger partial charge in [-0.2, -0.15) is 0 Å². The van der Waals surface area contributed by atoms with Crippen LogP contribution in [0.3, 0.4) is 0 Å². The fourth-order valence-corrected chi connectivity index (χ4v) is 12.5. The predicted molar refractivity (Wildman–Crippen MR) is 214 cm³/mol. The van der Waals surface area contributed by atoms with E-state index in [1.54, 1.807) is 0 Å². The molecular weight excluding hydrogens is 673 g/mol. The topological polar surface area (TPSA) is 18.5 Å². The van der Waals surface area contributed by atoms with E-state index < -0.39 is 0 Å². The van der Waals surface area contributed by atoms with Crippen molar-refractivity contribution in [2.24, 2.45) is 0 Å². The van der Waals surface area contributed by atoms with E-state index in [4.69, 9.17) is 9.47 Å². The van der Waals surface area contributed by atoms with Gasteiger partial charge in [-0.25, -0.2) is 0 Å². The zero-order chi connectivity index (χ0) is 32.0. The number of aryl methyl sites for hydroxylation is 2. The second-order valence-electron chi connectivity index (χ2n) is 12.4. The Bertz CT molecular complexity index is 1910. The normalized spacial score (nSPS) is 12.1. The van der Waals surface area contributed by atoms with Crippen molar-refractivity contribution in [2.45, 2.75) is 78.1 Å². The van der Waals surface area contributed by atoms with Crippen molar-refractivity contribution in [3.63, 3.8) is 0 Å². The summed E-state index contributed by atoms with van der Waals surface area (Å²) in [6.07, 6.45) is 11.7. The van der Waals surface area contributed by atoms with Gasteiger partial charge < -0.3 is 9.47 Å². The number of rotatable bonds is 18. The van der Waals surface area contributed by atoms with Crippen LogP contribution < -0.4 is 0 Å². The molecule has 0 atom stereocenters. The summed E-state index contributed by atoms with van der Waals surface area (Å²) >= 11 is 9.85. The Labute approximate surface area is 299 Å². The Balaban J connectivity index is 1.03. The van der Waals surface area contributed by atoms with E-state index in [0.717, 1.165) is 52.1 Å². The molecule has 0 saturated carbocycles. The second kappa shape index (κ2) is 16.1. The van der Waals surface area contributed by atoms with E-state index in [1.807, 2.05) is 56.7 Å². The molecule has 5 heterocycles. The van der Waals surface area contributed by atoms with Crippen molar-refractivity contribution in [3.8, 4) is 20.9 Å². The van der Waals surface area contributed by atoms with Crippen molar-refractivity contribution in [2.75, 3.05) is 26.4 Å². The third-order valence-electron chi connectivity index (χ3n) is 8.80. The molecule has 7 heteroatoms. The molecule has 0 N–H and O–H groups in total. The highest BCUT2D eigenvalue weighted by Gasteiger charge is 2.18. The van der Waals surface area contributed by atoms with E-state index in [2.05, 4.69) is 74.5 Å². The Kier molecular flexibility index (Phi) is 11.4. The van der Waals surface area contributed by atoms with E-state index in [1.165, 1.54) is 108 Å². The summed E-state index contributed by atoms with van der Waals surface area (Å²) in [6.45, 7) is 8.03. The fourth-order valence-electron chi connectivity index (χ4n) is 6.09. The average Bonchev–Trinajstić information content (AvgIpc) is 3.92. The number of benzene rings is 2. The Morgan fingerprint density at radius 3 is 1.38 bits per heavy atom. The molecule has 0 aliphatic rings. The molecule has 0 spiro atoms. The standard InChI is InChI=1S/C40H44O2S5/c1-3-5-21-41-23-9-7-11-29-15-19-33(43-29)27-13-17-31-35(25-27)45-39-37(31)47-38-32-18-14-28(26-36(32)46-40(38)39)34-20-16-30(44-34)12-8-10-24-42-22-6-4-2/h13-20,25-26H,3-12,21-24H2,1-2H3. The quantitative estimate of drug-likeness (QED) is 0.0823. The van der Waals surface area contributed by atoms with Gasteiger partial charge in [-0.3, -0.25) is 0 Å². The summed E-state index contributed by atoms with van der Waals surface area (Å²) in [5, 5.41) is 2.82. The monoisotopic (exact) mass is 716 g/mol. The fraction of sp³-hybridized carbons (Fsp3) is 0.400. The lowest BCUT2D eigenvalue weighted by Gasteiger charge is -2.02. The van der Waals surface area contributed by atoms with Gasteiger partial charge in [0, 0.05) is 66.1 Å². The molecule has 0 amide bonds. The Morgan fingerprint density at radius 1 is 0.447 bits per heavy atom. The third-order valence-corrected chi connectivity index (χ3v) is 15.2. The summed E-state index contributed by atoms with van der Waals surface area (Å²) in [5.41, 5.74) is 2.69. The number of thiophene rings is 5. The third kappa shape index (κ3) is 7.72. The molecule has 7 rings (SSSR count). The number of hydrogen-bond acceptors (Lipinski definition) is 7. The maximum Gasteiger partial charge on any atom is 0.0642 e. The van der Waals surface area contributed by atoms with Crippen LogP contribution in [0.4, 0.5) is 0 Å². The number of unbranched alkanes of at least 4 members (excludes halogenated alkanes) is 4. The molecule has 0 radical (unpaired) electrons. The van der Waals surface area contributed by atoms with Gasteiger partial charge in [-0.1, -0.05) is 51.0 Å². The molecule has 0 aliphatic heterocycles. The largest absolute Gasteiger partial charge is 0.381 e. The molecule has 246 valence electrons. The van der Waals surface area contributed by atoms with Crippen LogP contribution in [0.2, 0.25) is 0 Å². The van der Waals surface area contributed by atoms with E-state index >= 15 is 0 Å². The lowest BCUT2D eigenvalue weighted by Crippen LogP contribution is -1.97. The summed E-state index contributed by atoms with van der Waals surface area (Å²) in [6, 6.07) is 23.5. The molecule has 2 aromatic carbocycles. The van der Waals surface area contributed by atoms with Gasteiger partial charge in [-0.15, -0.1) is 56.7 Å². The zero-order valence-corrected chi connectivity index (χ0v) is 31.6. The Morgan fingerprint density at radius 2 is 0.915 bits per heavy atom. The number of fused-ring (bicyclic) bond motifs is 7. The highest BCUT2D eigenvalue weighted by atomic mass is 32.1. The smallest absolute Gasteiger partial charge is 0.0642 e. The first kappa shape index (κ1) is 33.4. The molecule has 0 unspecified atom stereocenters. The van der Waals surface area contributed by atoms with E-state index in [9.17, 15) is 0 Å². The summed E-state index contributed by atoms with van der Waals surface area (Å²) < 4.78 is 20.1. The van der Waals surface area contributed by atoms with Gasteiger partial charge in [0.2, 0.25) is 0 Å². The molecule has 0 saturated heterocycles. The SMILES string of the molecule is CCCCOCCCCc1ccc(-c2ccc3c(c2)sc2c3sc3c4ccc(-c5ccc(CCCCOCCCC)s5)cc4sc32)s1. The lowest BCUT2D eigenvalue weighted by atomic mass is 10.1. The van der Waals surface area contributed by atoms with Crippen molar-refractivity contribution < 1.29 is 9.47 Å². The number of ether oxygens (including phenoxy) is 2. The molecule has 0 fully saturated rings. The van der Waals surface area contributed by atoms with Gasteiger partial charge >= 0.3 is 0 Å². The zero-order valence-electron chi connectivity index (χ0n) is 27.5. The van der Waals surface area contributed by atoms with Crippen molar-refractivity contribution in [1.82, 2.24) is 0 Å². The molecule has 0 aliphatic carbocycles. The summed E-state index contributed by atoms with van der Waals surface area (Å²) in [4.78, 5) is 5.72. The lowest BCUT2D eigenvalue weighted by molar-refractivity contribution is 0.127. The van der Waals surface area contributed by atoms with Crippen LogP contribution in [0.1, 0.15) is 75.0 Å². The predicted octanol–water partition coefficient (Wildman–Crippen LogP) is 14.2. The van der Waals surface area contributed by atoms with Crippen LogP contribution in [0.25, 0.3) is 59.9 Å². The maximum absolute atomic E-state index is 5.74. The molecule has 2 nitrogen and oxygen atoms in total. The molecule has 0 bridgehead atoms. The van der Waals surface area contributed by atoms with Crippen LogP contribution in [-0.4, -0.2) is 26.4 Å². The van der Waals surface area contributed by atoms with Crippen LogP contribution in [0.5, 0.6) is 0 Å². The minimum Gasteiger partial charge on any atom is -0.381 e. The van der Waals surface area contributed by atoms with Crippen LogP contribution >= 0.6 is 56.7 Å². The van der Waals surface area contributed by atoms with Crippen molar-refractivity contribution in [1.29, 1.82) is 0 Å². The van der Waals surface area contributed by atoms with E-state index in [-0.39, 0.29) is 0 Å². The van der Waals surface area contributed by atoms with Gasteiger partial charge in [0.15, 0.2) is 0 Å². The van der Waals surface area contributed by atoms with Gasteiger partial charge in [0.05, 0.1) is 18.8 Å². The summed E-state index contributed by atoms with van der Waals surface area (Å²) in [7, 11) is 0. The Hall–Kier alpha value is -2.10. The molecule has 7 aromatic rings. The van der Waals surface area contributed by atoms with Crippen molar-refractivity contribution >= 4 is 95.7 Å². The van der Waals surface area contributed by atoms with Crippen LogP contribution in [0.15, 0.2) is 60.7 Å². The summed E-state index contributed by atoms with van der Waals surface area (Å²) in [5.74, 6) is 0. The highest BCUT2D eigenvalue weighted by molar-refractivity contribution is 7.43. The molecule has 5 aromatic heterocycles. The van der Waals surface area contributed by atoms with Crippen LogP contribution in [0, 0.1) is 0 Å². The first-order valence-corrected chi connectivity index (χ1v) is 21.4. The minimum absolute atomic E-state index is 0.893. The van der Waals surface area contributed by atoms with Crippen LogP contribution in [-0.2, 0) is 22.3 Å². The molecule has 47 heavy (non-hydrogen) atoms. The van der Waals surface area contributed by atoms with Gasteiger partial charge in [-0.05, 0) is 98.9 Å². The average molecular weight is 717 g/mol. The van der Waals surface area contributed by atoms with Gasteiger partial charge in [0.25, 0.3) is 0 Å². The number of hydrogen-bond donors (Lipinski definition) is 0. The first-order chi connectivity index (χ1) is 23.2. The van der Waals surface area contributed by atoms with E-state index in [0.29, 0.717) is 0 Å². The highest BCUT2D eigenvalue weighted by Crippen LogP contribution is 2.51. The second-order valence-corrected chi connectivity index (χ2v) is 17.9. The van der Waals surface area contributed by atoms with Gasteiger partial charge in [0.1, 0.15) is 0 Å².